The smallest absolute Gasteiger partial charge is 0.407 e. The molecule has 1 fully saturated rings. The van der Waals surface area contributed by atoms with Crippen LogP contribution < -0.4 is 5.32 Å². The Labute approximate surface area is 214 Å². The Bertz CT molecular complexity index is 1080. The van der Waals surface area contributed by atoms with E-state index in [1.165, 1.54) is 12.1 Å². The van der Waals surface area contributed by atoms with Crippen LogP contribution in [0.25, 0.3) is 0 Å². The largest absolute Gasteiger partial charge is 0.444 e. The summed E-state index contributed by atoms with van der Waals surface area (Å²) in [5, 5.41) is 14.0. The van der Waals surface area contributed by atoms with Crippen molar-refractivity contribution in [2.45, 2.75) is 88.5 Å². The molecule has 9 heteroatoms. The van der Waals surface area contributed by atoms with Gasteiger partial charge in [-0.25, -0.2) is 13.2 Å². The van der Waals surface area contributed by atoms with Gasteiger partial charge in [-0.05, 0) is 64.7 Å². The van der Waals surface area contributed by atoms with Crippen molar-refractivity contribution < 1.29 is 27.9 Å². The normalized spacial score (nSPS) is 16.6. The molecule has 1 saturated carbocycles. The van der Waals surface area contributed by atoms with Gasteiger partial charge in [-0.2, -0.15) is 0 Å². The van der Waals surface area contributed by atoms with Crippen LogP contribution in [0.3, 0.4) is 0 Å². The number of rotatable bonds is 10. The SMILES string of the molecule is Cc1ccc(S(=O)(=O)N(C[C@@H](O)[C@H](Cc2ccccc2)NC(=O)OC(C)(C)C)OC2CCCC2)cc1. The van der Waals surface area contributed by atoms with Crippen LogP contribution >= 0.6 is 0 Å². The van der Waals surface area contributed by atoms with E-state index in [2.05, 4.69) is 5.32 Å². The average Bonchev–Trinajstić information content (AvgIpc) is 3.31. The molecular weight excluding hydrogens is 480 g/mol. The van der Waals surface area contributed by atoms with E-state index in [9.17, 15) is 18.3 Å². The Morgan fingerprint density at radius 3 is 2.28 bits per heavy atom. The van der Waals surface area contributed by atoms with Crippen molar-refractivity contribution in [2.24, 2.45) is 0 Å². The van der Waals surface area contributed by atoms with Gasteiger partial charge in [0.2, 0.25) is 0 Å². The lowest BCUT2D eigenvalue weighted by Crippen LogP contribution is -2.51. The number of nitrogens with zero attached hydrogens (tertiary/aromatic N) is 1. The molecule has 0 unspecified atom stereocenters. The summed E-state index contributed by atoms with van der Waals surface area (Å²) in [6.45, 7) is 6.78. The van der Waals surface area contributed by atoms with E-state index in [0.717, 1.165) is 41.3 Å². The van der Waals surface area contributed by atoms with Gasteiger partial charge in [-0.1, -0.05) is 65.3 Å². The highest BCUT2D eigenvalue weighted by Crippen LogP contribution is 2.26. The number of amides is 1. The van der Waals surface area contributed by atoms with Crippen LogP contribution in [0.15, 0.2) is 59.5 Å². The number of benzene rings is 2. The number of sulfonamides is 1. The maximum atomic E-state index is 13.5. The summed E-state index contributed by atoms with van der Waals surface area (Å²) in [6, 6.07) is 15.1. The lowest BCUT2D eigenvalue weighted by molar-refractivity contribution is -0.145. The molecule has 36 heavy (non-hydrogen) atoms. The molecule has 0 aromatic heterocycles. The molecule has 0 radical (unpaired) electrons. The summed E-state index contributed by atoms with van der Waals surface area (Å²) in [5.74, 6) is 0. The van der Waals surface area contributed by atoms with Gasteiger partial charge in [-0.3, -0.25) is 4.84 Å². The molecule has 1 amide bonds. The molecule has 198 valence electrons. The van der Waals surface area contributed by atoms with Crippen molar-refractivity contribution in [1.82, 2.24) is 9.79 Å². The maximum absolute atomic E-state index is 13.5. The quantitative estimate of drug-likeness (QED) is 0.453. The van der Waals surface area contributed by atoms with E-state index in [1.807, 2.05) is 37.3 Å². The van der Waals surface area contributed by atoms with E-state index in [0.29, 0.717) is 0 Å². The fourth-order valence-electron chi connectivity index (χ4n) is 4.08. The summed E-state index contributed by atoms with van der Waals surface area (Å²) < 4.78 is 33.4. The summed E-state index contributed by atoms with van der Waals surface area (Å²) in [7, 11) is -4.06. The summed E-state index contributed by atoms with van der Waals surface area (Å²) in [5.41, 5.74) is 1.09. The second-order valence-electron chi connectivity index (χ2n) is 10.3. The van der Waals surface area contributed by atoms with Crippen LogP contribution in [0.2, 0.25) is 0 Å². The molecule has 2 N–H and O–H groups in total. The van der Waals surface area contributed by atoms with Crippen LogP contribution in [-0.2, 0) is 26.0 Å². The minimum atomic E-state index is -4.06. The van der Waals surface area contributed by atoms with Crippen LogP contribution in [0, 0.1) is 6.92 Å². The molecule has 0 saturated heterocycles. The highest BCUT2D eigenvalue weighted by Gasteiger charge is 2.34. The van der Waals surface area contributed by atoms with Crippen molar-refractivity contribution in [2.75, 3.05) is 6.54 Å². The number of hydrogen-bond donors (Lipinski definition) is 2. The van der Waals surface area contributed by atoms with E-state index < -0.39 is 33.9 Å². The Hall–Kier alpha value is -2.46. The van der Waals surface area contributed by atoms with Gasteiger partial charge in [0, 0.05) is 0 Å². The van der Waals surface area contributed by atoms with E-state index >= 15 is 0 Å². The zero-order chi connectivity index (χ0) is 26.3. The highest BCUT2D eigenvalue weighted by molar-refractivity contribution is 7.89. The summed E-state index contributed by atoms with van der Waals surface area (Å²) in [6.07, 6.45) is 1.50. The predicted octanol–water partition coefficient (Wildman–Crippen LogP) is 4.36. The molecule has 0 heterocycles. The second kappa shape index (κ2) is 12.2. The molecular formula is C27H38N2O6S. The number of nitrogens with one attached hydrogen (secondary N) is 1. The standard InChI is InChI=1S/C27H38N2O6S/c1-20-14-16-23(17-15-20)36(32,33)29(35-22-12-8-9-13-22)19-25(30)24(18-21-10-6-5-7-11-21)28-26(31)34-27(2,3)4/h5-7,10-11,14-17,22,24-25,30H,8-9,12-13,18-19H2,1-4H3,(H,28,31)/t24-,25+/m0/s1. The number of aliphatic hydroxyl groups excluding tert-OH is 1. The molecule has 0 aliphatic heterocycles. The van der Waals surface area contributed by atoms with Crippen LogP contribution in [0.1, 0.15) is 57.6 Å². The monoisotopic (exact) mass is 518 g/mol. The topological polar surface area (TPSA) is 105 Å². The lowest BCUT2D eigenvalue weighted by atomic mass is 10.0. The third-order valence-electron chi connectivity index (χ3n) is 5.96. The number of hydrogen-bond acceptors (Lipinski definition) is 6. The first-order valence-corrected chi connectivity index (χ1v) is 13.9. The van der Waals surface area contributed by atoms with Gasteiger partial charge in [0.1, 0.15) is 5.60 Å². The molecule has 0 bridgehead atoms. The molecule has 3 rings (SSSR count). The molecule has 1 aliphatic carbocycles. The molecule has 2 aromatic rings. The first-order chi connectivity index (χ1) is 16.9. The lowest BCUT2D eigenvalue weighted by Gasteiger charge is -2.31. The van der Waals surface area contributed by atoms with E-state index in [1.54, 1.807) is 32.9 Å². The number of carbonyl (C=O) groups is 1. The minimum Gasteiger partial charge on any atom is -0.444 e. The Balaban J connectivity index is 1.85. The van der Waals surface area contributed by atoms with Crippen molar-refractivity contribution in [3.8, 4) is 0 Å². The number of hydroxylamine groups is 1. The summed E-state index contributed by atoms with van der Waals surface area (Å²) in [4.78, 5) is 18.6. The zero-order valence-corrected chi connectivity index (χ0v) is 22.3. The van der Waals surface area contributed by atoms with Crippen molar-refractivity contribution >= 4 is 16.1 Å². The second-order valence-corrected chi connectivity index (χ2v) is 12.2. The van der Waals surface area contributed by atoms with Crippen molar-refractivity contribution in [1.29, 1.82) is 0 Å². The first-order valence-electron chi connectivity index (χ1n) is 12.4. The fraction of sp³-hybridized carbons (Fsp3) is 0.519. The predicted molar refractivity (Wildman–Crippen MR) is 138 cm³/mol. The molecule has 2 atom stereocenters. The third kappa shape index (κ3) is 8.30. The summed E-state index contributed by atoms with van der Waals surface area (Å²) >= 11 is 0. The molecule has 0 spiro atoms. The minimum absolute atomic E-state index is 0.0815. The van der Waals surface area contributed by atoms with Crippen molar-refractivity contribution in [3.05, 3.63) is 65.7 Å². The van der Waals surface area contributed by atoms with Crippen LogP contribution in [0.5, 0.6) is 0 Å². The van der Waals surface area contributed by atoms with E-state index in [4.69, 9.17) is 9.57 Å². The van der Waals surface area contributed by atoms with Gasteiger partial charge in [0.05, 0.1) is 29.7 Å². The average molecular weight is 519 g/mol. The number of alkyl carbamates (subject to hydrolysis) is 1. The zero-order valence-electron chi connectivity index (χ0n) is 21.5. The number of carbonyl (C=O) groups excluding carboxylic acids is 1. The van der Waals surface area contributed by atoms with Gasteiger partial charge in [-0.15, -0.1) is 0 Å². The number of ether oxygens (including phenoxy) is 1. The number of aryl methyl sites for hydroxylation is 1. The van der Waals surface area contributed by atoms with Crippen LogP contribution in [0.4, 0.5) is 4.79 Å². The molecule has 2 aromatic carbocycles. The Kier molecular flexibility index (Phi) is 9.52. The van der Waals surface area contributed by atoms with Crippen molar-refractivity contribution in [3.63, 3.8) is 0 Å². The van der Waals surface area contributed by atoms with Gasteiger partial charge >= 0.3 is 6.09 Å². The first kappa shape index (κ1) is 28.1. The van der Waals surface area contributed by atoms with Crippen LogP contribution in [-0.4, -0.2) is 54.5 Å². The highest BCUT2D eigenvalue weighted by atomic mass is 32.2. The molecule has 8 nitrogen and oxygen atoms in total. The Morgan fingerprint density at radius 2 is 1.69 bits per heavy atom. The van der Waals surface area contributed by atoms with E-state index in [-0.39, 0.29) is 24.0 Å². The van der Waals surface area contributed by atoms with Gasteiger partial charge < -0.3 is 15.2 Å². The third-order valence-corrected chi connectivity index (χ3v) is 7.60. The maximum Gasteiger partial charge on any atom is 0.407 e. The molecule has 1 aliphatic rings. The van der Waals surface area contributed by atoms with Gasteiger partial charge in [0.15, 0.2) is 0 Å². The fourth-order valence-corrected chi connectivity index (χ4v) is 5.38. The number of aliphatic hydroxyl groups is 1. The van der Waals surface area contributed by atoms with Gasteiger partial charge in [0.25, 0.3) is 10.0 Å². The Morgan fingerprint density at radius 1 is 1.08 bits per heavy atom.